The number of thiazole rings is 1. The van der Waals surface area contributed by atoms with E-state index in [4.69, 9.17) is 4.55 Å². The minimum Gasteiger partial charge on any atom is -0.340 e. The average molecular weight is 486 g/mol. The van der Waals surface area contributed by atoms with Crippen molar-refractivity contribution < 1.29 is 21.4 Å². The molecule has 0 aliphatic heterocycles. The fourth-order valence-corrected chi connectivity index (χ4v) is 5.43. The SMILES string of the molecule is CCc1nc([C@H](Cc2ccc(NS(=O)(=O)O)cc2)NS(=O)(=O)Cc2cn(C)cn2)cs1. The van der Waals surface area contributed by atoms with Crippen molar-refractivity contribution in [2.24, 2.45) is 7.05 Å². The summed E-state index contributed by atoms with van der Waals surface area (Å²) in [6, 6.07) is 5.68. The lowest BCUT2D eigenvalue weighted by Gasteiger charge is -2.17. The van der Waals surface area contributed by atoms with Crippen molar-refractivity contribution >= 4 is 37.4 Å². The third-order valence-corrected chi connectivity index (χ3v) is 7.11. The number of aromatic nitrogens is 3. The Bertz CT molecular complexity index is 1230. The van der Waals surface area contributed by atoms with Crippen LogP contribution in [0, 0.1) is 0 Å². The summed E-state index contributed by atoms with van der Waals surface area (Å²) in [5, 5.41) is 2.73. The average Bonchev–Trinajstić information content (AvgIpc) is 3.30. The van der Waals surface area contributed by atoms with E-state index in [0.29, 0.717) is 17.8 Å². The van der Waals surface area contributed by atoms with Gasteiger partial charge in [0.2, 0.25) is 10.0 Å². The van der Waals surface area contributed by atoms with Gasteiger partial charge in [-0.05, 0) is 30.5 Å². The number of nitrogens with one attached hydrogen (secondary N) is 2. The van der Waals surface area contributed by atoms with Crippen molar-refractivity contribution in [1.82, 2.24) is 19.3 Å². The van der Waals surface area contributed by atoms with Gasteiger partial charge in [-0.1, -0.05) is 19.1 Å². The molecule has 0 saturated carbocycles. The molecule has 3 aromatic rings. The van der Waals surface area contributed by atoms with Gasteiger partial charge in [-0.25, -0.2) is 23.1 Å². The maximum Gasteiger partial charge on any atom is 0.357 e. The molecule has 0 spiro atoms. The summed E-state index contributed by atoms with van der Waals surface area (Å²) >= 11 is 1.46. The lowest BCUT2D eigenvalue weighted by atomic mass is 10.0. The number of imidazole rings is 1. The molecule has 2 aromatic heterocycles. The van der Waals surface area contributed by atoms with Crippen molar-refractivity contribution in [3.8, 4) is 0 Å². The summed E-state index contributed by atoms with van der Waals surface area (Å²) < 4.78 is 62.7. The molecule has 0 aliphatic rings. The second kappa shape index (κ2) is 9.44. The van der Waals surface area contributed by atoms with E-state index in [9.17, 15) is 16.8 Å². The van der Waals surface area contributed by atoms with Gasteiger partial charge in [-0.2, -0.15) is 8.42 Å². The smallest absolute Gasteiger partial charge is 0.340 e. The molecule has 1 aromatic carbocycles. The summed E-state index contributed by atoms with van der Waals surface area (Å²) in [6.45, 7) is 1.98. The molecule has 3 rings (SSSR count). The van der Waals surface area contributed by atoms with Gasteiger partial charge >= 0.3 is 10.3 Å². The summed E-state index contributed by atoms with van der Waals surface area (Å²) in [5.74, 6) is -0.258. The van der Waals surface area contributed by atoms with Crippen LogP contribution in [-0.2, 0) is 46.0 Å². The minimum atomic E-state index is -4.37. The summed E-state index contributed by atoms with van der Waals surface area (Å²) in [7, 11) is -6.31. The first-order chi connectivity index (χ1) is 14.5. The van der Waals surface area contributed by atoms with E-state index >= 15 is 0 Å². The Hall–Kier alpha value is -2.32. The van der Waals surface area contributed by atoms with Gasteiger partial charge in [0.15, 0.2) is 0 Å². The lowest BCUT2D eigenvalue weighted by Crippen LogP contribution is -2.31. The number of anilines is 1. The Labute approximate surface area is 185 Å². The van der Waals surface area contributed by atoms with Gasteiger partial charge in [0.25, 0.3) is 0 Å². The fraction of sp³-hybridized carbons (Fsp3) is 0.333. The second-order valence-corrected chi connectivity index (χ2v) is 10.8. The van der Waals surface area contributed by atoms with Crippen molar-refractivity contribution in [3.05, 3.63) is 64.1 Å². The number of aryl methyl sites for hydroxylation is 2. The monoisotopic (exact) mass is 485 g/mol. The van der Waals surface area contributed by atoms with E-state index in [1.807, 2.05) is 17.0 Å². The van der Waals surface area contributed by atoms with E-state index in [0.717, 1.165) is 17.0 Å². The number of hydrogen-bond acceptors (Lipinski definition) is 7. The number of hydrogen-bond donors (Lipinski definition) is 3. The molecular formula is C18H23N5O5S3. The zero-order valence-electron chi connectivity index (χ0n) is 16.9. The fourth-order valence-electron chi connectivity index (χ4n) is 2.94. The molecule has 0 unspecified atom stereocenters. The summed E-state index contributed by atoms with van der Waals surface area (Å²) in [4.78, 5) is 8.61. The van der Waals surface area contributed by atoms with E-state index < -0.39 is 26.4 Å². The number of nitrogens with zero attached hydrogens (tertiary/aromatic N) is 3. The van der Waals surface area contributed by atoms with Crippen LogP contribution in [0.3, 0.4) is 0 Å². The maximum absolute atomic E-state index is 12.8. The summed E-state index contributed by atoms with van der Waals surface area (Å²) in [6.07, 6.45) is 4.24. The van der Waals surface area contributed by atoms with Crippen LogP contribution < -0.4 is 9.44 Å². The molecule has 0 amide bonds. The van der Waals surface area contributed by atoms with Crippen LogP contribution in [0.4, 0.5) is 5.69 Å². The van der Waals surface area contributed by atoms with Crippen molar-refractivity contribution in [2.75, 3.05) is 4.72 Å². The van der Waals surface area contributed by atoms with Crippen molar-refractivity contribution in [3.63, 3.8) is 0 Å². The molecule has 0 fully saturated rings. The van der Waals surface area contributed by atoms with Crippen LogP contribution in [0.15, 0.2) is 42.2 Å². The van der Waals surface area contributed by atoms with E-state index in [-0.39, 0.29) is 11.4 Å². The maximum atomic E-state index is 12.8. The number of benzene rings is 1. The number of rotatable bonds is 10. The predicted octanol–water partition coefficient (Wildman–Crippen LogP) is 2.06. The Morgan fingerprint density at radius 1 is 1.19 bits per heavy atom. The normalized spacial score (nSPS) is 13.3. The van der Waals surface area contributed by atoms with Crippen LogP contribution in [0.5, 0.6) is 0 Å². The Kier molecular flexibility index (Phi) is 7.11. The standard InChI is InChI=1S/C18H23N5O5S3/c1-3-18-20-17(10-29-18)16(22-30(24,25)11-15-9-23(2)12-19-15)8-13-4-6-14(7-5-13)21-31(26,27)28/h4-7,9-10,12,16,21-22H,3,8,11H2,1-2H3,(H,26,27,28)/t16-/m0/s1. The Morgan fingerprint density at radius 2 is 1.90 bits per heavy atom. The predicted molar refractivity (Wildman–Crippen MR) is 119 cm³/mol. The molecule has 2 heterocycles. The van der Waals surface area contributed by atoms with Gasteiger partial charge in [-0.15, -0.1) is 11.3 Å². The zero-order valence-corrected chi connectivity index (χ0v) is 19.3. The van der Waals surface area contributed by atoms with E-state index in [1.165, 1.54) is 23.5 Å². The van der Waals surface area contributed by atoms with Gasteiger partial charge < -0.3 is 4.57 Å². The van der Waals surface area contributed by atoms with E-state index in [1.54, 1.807) is 36.3 Å². The quantitative estimate of drug-likeness (QED) is 0.373. The topological polar surface area (TPSA) is 143 Å². The lowest BCUT2D eigenvalue weighted by molar-refractivity contribution is 0.489. The van der Waals surface area contributed by atoms with Crippen LogP contribution >= 0.6 is 11.3 Å². The minimum absolute atomic E-state index is 0.195. The zero-order chi connectivity index (χ0) is 22.6. The first kappa shape index (κ1) is 23.3. The van der Waals surface area contributed by atoms with Crippen molar-refractivity contribution in [1.29, 1.82) is 0 Å². The molecule has 10 nitrogen and oxygen atoms in total. The highest BCUT2D eigenvalue weighted by Crippen LogP contribution is 2.24. The van der Waals surface area contributed by atoms with Gasteiger partial charge in [0.1, 0.15) is 5.75 Å². The molecule has 0 aliphatic carbocycles. The van der Waals surface area contributed by atoms with Gasteiger partial charge in [0, 0.05) is 18.6 Å². The van der Waals surface area contributed by atoms with Crippen molar-refractivity contribution in [2.45, 2.75) is 31.6 Å². The van der Waals surface area contributed by atoms with E-state index in [2.05, 4.69) is 14.7 Å². The van der Waals surface area contributed by atoms with Crippen LogP contribution in [0.1, 0.15) is 34.9 Å². The van der Waals surface area contributed by atoms with Gasteiger partial charge in [-0.3, -0.25) is 9.27 Å². The largest absolute Gasteiger partial charge is 0.357 e. The van der Waals surface area contributed by atoms with Crippen LogP contribution in [-0.4, -0.2) is 35.9 Å². The van der Waals surface area contributed by atoms with Crippen LogP contribution in [0.2, 0.25) is 0 Å². The third kappa shape index (κ3) is 7.11. The molecule has 31 heavy (non-hydrogen) atoms. The second-order valence-electron chi connectivity index (χ2n) is 6.96. The highest BCUT2D eigenvalue weighted by Gasteiger charge is 2.23. The molecule has 0 radical (unpaired) electrons. The first-order valence-electron chi connectivity index (χ1n) is 9.28. The molecule has 0 bridgehead atoms. The molecule has 0 saturated heterocycles. The third-order valence-electron chi connectivity index (χ3n) is 4.29. The first-order valence-corrected chi connectivity index (χ1v) is 13.3. The molecule has 1 atom stereocenters. The van der Waals surface area contributed by atoms with Crippen LogP contribution in [0.25, 0.3) is 0 Å². The summed E-state index contributed by atoms with van der Waals surface area (Å²) in [5.41, 5.74) is 2.01. The molecular weight excluding hydrogens is 462 g/mol. The highest BCUT2D eigenvalue weighted by atomic mass is 32.2. The Balaban J connectivity index is 1.81. The number of sulfonamides is 1. The molecule has 168 valence electrons. The Morgan fingerprint density at radius 3 is 2.45 bits per heavy atom. The highest BCUT2D eigenvalue weighted by molar-refractivity contribution is 7.88. The molecule has 3 N–H and O–H groups in total. The molecule has 13 heteroatoms. The van der Waals surface area contributed by atoms with Gasteiger partial charge in [0.05, 0.1) is 34.5 Å².